The van der Waals surface area contributed by atoms with E-state index in [9.17, 15) is 14.9 Å². The maximum Gasteiger partial charge on any atom is 0.282 e. The van der Waals surface area contributed by atoms with Gasteiger partial charge in [-0.2, -0.15) is 0 Å². The van der Waals surface area contributed by atoms with Crippen LogP contribution in [0.25, 0.3) is 0 Å². The topological polar surface area (TPSA) is 66.7 Å². The molecule has 0 aromatic heterocycles. The number of nitrogens with zero attached hydrogens (tertiary/aromatic N) is 3. The van der Waals surface area contributed by atoms with Gasteiger partial charge >= 0.3 is 0 Å². The molecule has 1 amide bonds. The third kappa shape index (κ3) is 2.06. The van der Waals surface area contributed by atoms with Crippen molar-refractivity contribution < 1.29 is 9.72 Å². The Morgan fingerprint density at radius 1 is 1.40 bits per heavy atom. The summed E-state index contributed by atoms with van der Waals surface area (Å²) in [6, 6.07) is 5.04. The van der Waals surface area contributed by atoms with Gasteiger partial charge in [0, 0.05) is 25.2 Å². The van der Waals surface area contributed by atoms with E-state index in [1.807, 2.05) is 13.1 Å². The quantitative estimate of drug-likeness (QED) is 0.608. The summed E-state index contributed by atoms with van der Waals surface area (Å²) in [5.41, 5.74) is 0.988. The van der Waals surface area contributed by atoms with Gasteiger partial charge < -0.3 is 9.80 Å². The highest BCUT2D eigenvalue weighted by molar-refractivity contribution is 6.02. The van der Waals surface area contributed by atoms with Crippen LogP contribution in [0.3, 0.4) is 0 Å². The fourth-order valence-electron chi connectivity index (χ4n) is 3.20. The van der Waals surface area contributed by atoms with Crippen LogP contribution < -0.4 is 0 Å². The first kappa shape index (κ1) is 13.1. The molecule has 1 saturated heterocycles. The van der Waals surface area contributed by atoms with E-state index in [0.717, 1.165) is 31.5 Å². The van der Waals surface area contributed by atoms with Gasteiger partial charge in [-0.05, 0) is 32.0 Å². The minimum atomic E-state index is -0.465. The summed E-state index contributed by atoms with van der Waals surface area (Å²) in [6.07, 6.45) is 2.03. The SMILES string of the molecule is CN1CCCC(N2Cc3cccc([N+](=O)[O-])c3C2=O)C1. The molecular weight excluding hydrogens is 258 g/mol. The maximum absolute atomic E-state index is 12.5. The fourth-order valence-corrected chi connectivity index (χ4v) is 3.20. The van der Waals surface area contributed by atoms with E-state index in [2.05, 4.69) is 4.90 Å². The number of rotatable bonds is 2. The van der Waals surface area contributed by atoms with E-state index in [1.54, 1.807) is 11.0 Å². The van der Waals surface area contributed by atoms with Crippen molar-refractivity contribution in [1.82, 2.24) is 9.80 Å². The number of carbonyl (C=O) groups excluding carboxylic acids is 1. The molecule has 0 spiro atoms. The Morgan fingerprint density at radius 2 is 2.20 bits per heavy atom. The summed E-state index contributed by atoms with van der Waals surface area (Å²) >= 11 is 0. The predicted molar refractivity (Wildman–Crippen MR) is 73.5 cm³/mol. The number of fused-ring (bicyclic) bond motifs is 1. The molecule has 2 aliphatic heterocycles. The average Bonchev–Trinajstić information content (AvgIpc) is 2.76. The minimum Gasteiger partial charge on any atom is -0.330 e. The van der Waals surface area contributed by atoms with Crippen LogP contribution in [0.4, 0.5) is 5.69 Å². The van der Waals surface area contributed by atoms with Crippen LogP contribution in [-0.4, -0.2) is 46.8 Å². The van der Waals surface area contributed by atoms with Gasteiger partial charge in [-0.1, -0.05) is 12.1 Å². The third-order valence-corrected chi connectivity index (χ3v) is 4.18. The second-order valence-electron chi connectivity index (χ2n) is 5.56. The van der Waals surface area contributed by atoms with Gasteiger partial charge in [-0.25, -0.2) is 0 Å². The molecular formula is C14H17N3O3. The molecule has 3 rings (SSSR count). The number of benzene rings is 1. The van der Waals surface area contributed by atoms with E-state index in [-0.39, 0.29) is 23.2 Å². The zero-order valence-electron chi connectivity index (χ0n) is 11.4. The number of nitro benzene ring substituents is 1. The van der Waals surface area contributed by atoms with E-state index < -0.39 is 4.92 Å². The molecule has 2 heterocycles. The van der Waals surface area contributed by atoms with Gasteiger partial charge in [-0.15, -0.1) is 0 Å². The van der Waals surface area contributed by atoms with E-state index in [0.29, 0.717) is 6.54 Å². The molecule has 0 saturated carbocycles. The van der Waals surface area contributed by atoms with Crippen molar-refractivity contribution in [2.24, 2.45) is 0 Å². The van der Waals surface area contributed by atoms with Crippen molar-refractivity contribution in [1.29, 1.82) is 0 Å². The lowest BCUT2D eigenvalue weighted by molar-refractivity contribution is -0.385. The molecule has 1 aromatic rings. The van der Waals surface area contributed by atoms with Gasteiger partial charge in [0.1, 0.15) is 5.56 Å². The Balaban J connectivity index is 1.91. The number of hydrogen-bond acceptors (Lipinski definition) is 4. The highest BCUT2D eigenvalue weighted by atomic mass is 16.6. The summed E-state index contributed by atoms with van der Waals surface area (Å²) in [5, 5.41) is 11.1. The third-order valence-electron chi connectivity index (χ3n) is 4.18. The molecule has 1 unspecified atom stereocenters. The molecule has 0 bridgehead atoms. The van der Waals surface area contributed by atoms with Crippen LogP contribution in [0.15, 0.2) is 18.2 Å². The van der Waals surface area contributed by atoms with Gasteiger partial charge in [-0.3, -0.25) is 14.9 Å². The summed E-state index contributed by atoms with van der Waals surface area (Å²) in [5.74, 6) is -0.187. The molecule has 6 heteroatoms. The second kappa shape index (κ2) is 4.86. The van der Waals surface area contributed by atoms with Crippen LogP contribution in [-0.2, 0) is 6.54 Å². The molecule has 6 nitrogen and oxygen atoms in total. The molecule has 1 aromatic carbocycles. The number of likely N-dealkylation sites (tertiary alicyclic amines) is 1. The smallest absolute Gasteiger partial charge is 0.282 e. The number of carbonyl (C=O) groups is 1. The molecule has 2 aliphatic rings. The Bertz CT molecular complexity index is 573. The second-order valence-corrected chi connectivity index (χ2v) is 5.56. The molecule has 0 radical (unpaired) electrons. The zero-order valence-corrected chi connectivity index (χ0v) is 11.4. The molecule has 106 valence electrons. The number of likely N-dealkylation sites (N-methyl/N-ethyl adjacent to an activating group) is 1. The van der Waals surface area contributed by atoms with Crippen LogP contribution in [0.5, 0.6) is 0 Å². The largest absolute Gasteiger partial charge is 0.330 e. The van der Waals surface area contributed by atoms with E-state index in [1.165, 1.54) is 6.07 Å². The fraction of sp³-hybridized carbons (Fsp3) is 0.500. The number of hydrogen-bond donors (Lipinski definition) is 0. The molecule has 1 fully saturated rings. The lowest BCUT2D eigenvalue weighted by Crippen LogP contribution is -2.46. The summed E-state index contributed by atoms with van der Waals surface area (Å²) in [4.78, 5) is 27.1. The van der Waals surface area contributed by atoms with Crippen molar-refractivity contribution in [3.05, 3.63) is 39.4 Å². The minimum absolute atomic E-state index is 0.0702. The predicted octanol–water partition coefficient (Wildman–Crippen LogP) is 1.64. The molecule has 1 atom stereocenters. The van der Waals surface area contributed by atoms with Gasteiger partial charge in [0.15, 0.2) is 0 Å². The van der Waals surface area contributed by atoms with Crippen molar-refractivity contribution in [3.8, 4) is 0 Å². The van der Waals surface area contributed by atoms with Crippen molar-refractivity contribution >= 4 is 11.6 Å². The monoisotopic (exact) mass is 275 g/mol. The maximum atomic E-state index is 12.5. The van der Waals surface area contributed by atoms with Crippen LogP contribution in [0.2, 0.25) is 0 Å². The molecule has 0 aliphatic carbocycles. The van der Waals surface area contributed by atoms with Crippen LogP contribution in [0, 0.1) is 10.1 Å². The first-order chi connectivity index (χ1) is 9.58. The Kier molecular flexibility index (Phi) is 3.17. The number of nitro groups is 1. The van der Waals surface area contributed by atoms with Crippen molar-refractivity contribution in [2.75, 3.05) is 20.1 Å². The van der Waals surface area contributed by atoms with Crippen LogP contribution >= 0.6 is 0 Å². The highest BCUT2D eigenvalue weighted by Crippen LogP contribution is 2.33. The highest BCUT2D eigenvalue weighted by Gasteiger charge is 2.38. The lowest BCUT2D eigenvalue weighted by atomic mass is 10.0. The summed E-state index contributed by atoms with van der Waals surface area (Å²) in [6.45, 7) is 2.38. The molecule has 20 heavy (non-hydrogen) atoms. The van der Waals surface area contributed by atoms with Crippen molar-refractivity contribution in [2.45, 2.75) is 25.4 Å². The summed E-state index contributed by atoms with van der Waals surface area (Å²) in [7, 11) is 2.04. The standard InChI is InChI=1S/C14H17N3O3/c1-15-7-3-5-11(9-15)16-8-10-4-2-6-12(17(19)20)13(10)14(16)18/h2,4,6,11H,3,5,7-9H2,1H3. The Morgan fingerprint density at radius 3 is 2.90 bits per heavy atom. The van der Waals surface area contributed by atoms with E-state index in [4.69, 9.17) is 0 Å². The van der Waals surface area contributed by atoms with Gasteiger partial charge in [0.05, 0.1) is 4.92 Å². The van der Waals surface area contributed by atoms with Gasteiger partial charge in [0.25, 0.3) is 11.6 Å². The van der Waals surface area contributed by atoms with Crippen LogP contribution in [0.1, 0.15) is 28.8 Å². The molecule has 0 N–H and O–H groups in total. The first-order valence-electron chi connectivity index (χ1n) is 6.83. The normalized spacial score (nSPS) is 22.9. The van der Waals surface area contributed by atoms with Gasteiger partial charge in [0.2, 0.25) is 0 Å². The summed E-state index contributed by atoms with van der Waals surface area (Å²) < 4.78 is 0. The number of piperidine rings is 1. The number of amides is 1. The zero-order chi connectivity index (χ0) is 14.3. The Labute approximate surface area is 117 Å². The van der Waals surface area contributed by atoms with E-state index >= 15 is 0 Å². The van der Waals surface area contributed by atoms with Crippen molar-refractivity contribution in [3.63, 3.8) is 0 Å². The average molecular weight is 275 g/mol. The Hall–Kier alpha value is -1.95. The lowest BCUT2D eigenvalue weighted by Gasteiger charge is -2.35. The first-order valence-corrected chi connectivity index (χ1v) is 6.83.